The predicted octanol–water partition coefficient (Wildman–Crippen LogP) is 1.52. The van der Waals surface area contributed by atoms with Crippen molar-refractivity contribution in [3.8, 4) is 11.6 Å². The lowest BCUT2D eigenvalue weighted by atomic mass is 10.1. The topological polar surface area (TPSA) is 125 Å². The van der Waals surface area contributed by atoms with E-state index in [1.807, 2.05) is 18.2 Å². The van der Waals surface area contributed by atoms with E-state index < -0.39 is 9.84 Å². The van der Waals surface area contributed by atoms with Crippen LogP contribution in [0.3, 0.4) is 0 Å². The first-order chi connectivity index (χ1) is 11.4. The quantitative estimate of drug-likeness (QED) is 0.717. The monoisotopic (exact) mass is 346 g/mol. The average Bonchev–Trinajstić information content (AvgIpc) is 3.00. The third-order valence-corrected chi connectivity index (χ3v) is 4.70. The molecule has 0 fully saturated rings. The van der Waals surface area contributed by atoms with Gasteiger partial charge in [0.2, 0.25) is 0 Å². The lowest BCUT2D eigenvalue weighted by molar-refractivity contribution is 0.575. The number of fused-ring (bicyclic) bond motifs is 1. The Balaban J connectivity index is 2.10. The normalized spacial score (nSPS) is 11.9. The van der Waals surface area contributed by atoms with Crippen LogP contribution in [0, 0.1) is 0 Å². The van der Waals surface area contributed by atoms with E-state index in [0.29, 0.717) is 41.3 Å². The van der Waals surface area contributed by atoms with Crippen molar-refractivity contribution in [2.75, 3.05) is 17.7 Å². The molecule has 0 saturated heterocycles. The van der Waals surface area contributed by atoms with Gasteiger partial charge in [-0.3, -0.25) is 0 Å². The molecule has 0 saturated carbocycles. The molecule has 3 rings (SSSR count). The van der Waals surface area contributed by atoms with Crippen molar-refractivity contribution in [3.05, 3.63) is 41.7 Å². The number of furan rings is 1. The molecule has 0 aliphatic rings. The van der Waals surface area contributed by atoms with Gasteiger partial charge in [-0.05, 0) is 24.1 Å². The summed E-state index contributed by atoms with van der Waals surface area (Å²) in [6.45, 7) is 0.307. The summed E-state index contributed by atoms with van der Waals surface area (Å²) in [5.41, 5.74) is 14.0. The summed E-state index contributed by atoms with van der Waals surface area (Å²) in [6.07, 6.45) is 3.10. The van der Waals surface area contributed by atoms with E-state index in [-0.39, 0.29) is 5.75 Å². The number of anilines is 1. The van der Waals surface area contributed by atoms with Crippen LogP contribution >= 0.6 is 0 Å². The molecular weight excluding hydrogens is 328 g/mol. The Bertz CT molecular complexity index is 996. The van der Waals surface area contributed by atoms with Crippen molar-refractivity contribution in [2.45, 2.75) is 13.0 Å². The van der Waals surface area contributed by atoms with Gasteiger partial charge in [-0.15, -0.1) is 0 Å². The largest absolute Gasteiger partial charge is 0.461 e. The number of aryl methyl sites for hydroxylation is 1. The molecule has 0 aliphatic carbocycles. The molecule has 126 valence electrons. The van der Waals surface area contributed by atoms with Gasteiger partial charge in [-0.25, -0.2) is 18.4 Å². The van der Waals surface area contributed by atoms with E-state index in [0.717, 1.165) is 11.1 Å². The summed E-state index contributed by atoms with van der Waals surface area (Å²) in [5, 5.41) is 0.672. The minimum atomic E-state index is -3.07. The highest BCUT2D eigenvalue weighted by molar-refractivity contribution is 7.90. The highest BCUT2D eigenvalue weighted by atomic mass is 32.2. The number of nitrogen functional groups attached to an aromatic ring is 1. The van der Waals surface area contributed by atoms with Crippen LogP contribution in [0.2, 0.25) is 0 Å². The molecule has 7 nitrogen and oxygen atoms in total. The number of benzene rings is 1. The van der Waals surface area contributed by atoms with Crippen LogP contribution in [0.25, 0.3) is 22.5 Å². The van der Waals surface area contributed by atoms with Crippen molar-refractivity contribution in [1.82, 2.24) is 9.97 Å². The highest BCUT2D eigenvalue weighted by Crippen LogP contribution is 2.28. The van der Waals surface area contributed by atoms with Gasteiger partial charge in [0.05, 0.1) is 17.5 Å². The number of aromatic nitrogens is 2. The van der Waals surface area contributed by atoms with Crippen LogP contribution in [0.4, 0.5) is 5.82 Å². The summed E-state index contributed by atoms with van der Waals surface area (Å²) < 4.78 is 28.3. The molecule has 3 aromatic rings. The maximum Gasteiger partial charge on any atom is 0.198 e. The van der Waals surface area contributed by atoms with Crippen LogP contribution in [0.1, 0.15) is 11.1 Å². The van der Waals surface area contributed by atoms with E-state index in [2.05, 4.69) is 9.97 Å². The molecule has 2 aromatic heterocycles. The van der Waals surface area contributed by atoms with Gasteiger partial charge in [-0.2, -0.15) is 0 Å². The fraction of sp³-hybridized carbons (Fsp3) is 0.250. The Hall–Kier alpha value is -2.45. The molecule has 24 heavy (non-hydrogen) atoms. The molecule has 8 heteroatoms. The standard InChI is InChI=1S/C16H18N4O3S/c1-24(21,22)8-6-10-3-2-4-12-13(10)15(18)20-16(19-12)14-11(9-17)5-7-23-14/h2-5,7H,6,8-9,17H2,1H3,(H2,18,19,20). The molecule has 0 atom stereocenters. The molecule has 0 aliphatic heterocycles. The molecular formula is C16H18N4O3S. The van der Waals surface area contributed by atoms with Crippen LogP contribution in [0.5, 0.6) is 0 Å². The van der Waals surface area contributed by atoms with E-state index in [1.54, 1.807) is 6.07 Å². The Morgan fingerprint density at radius 2 is 1.96 bits per heavy atom. The molecule has 0 spiro atoms. The average molecular weight is 346 g/mol. The minimum absolute atomic E-state index is 0.0445. The molecule has 0 bridgehead atoms. The van der Waals surface area contributed by atoms with Crippen molar-refractivity contribution < 1.29 is 12.8 Å². The number of sulfone groups is 1. The van der Waals surface area contributed by atoms with E-state index in [9.17, 15) is 8.42 Å². The number of hydrogen-bond donors (Lipinski definition) is 2. The Kier molecular flexibility index (Phi) is 4.25. The highest BCUT2D eigenvalue weighted by Gasteiger charge is 2.16. The van der Waals surface area contributed by atoms with Gasteiger partial charge in [-0.1, -0.05) is 12.1 Å². The SMILES string of the molecule is CS(=O)(=O)CCc1cccc2nc(-c3occc3CN)nc(N)c12. The Morgan fingerprint density at radius 1 is 1.17 bits per heavy atom. The lowest BCUT2D eigenvalue weighted by Crippen LogP contribution is -2.08. The zero-order valence-corrected chi connectivity index (χ0v) is 14.0. The fourth-order valence-corrected chi connectivity index (χ4v) is 3.17. The zero-order valence-electron chi connectivity index (χ0n) is 13.2. The second-order valence-corrected chi connectivity index (χ2v) is 7.86. The first-order valence-corrected chi connectivity index (χ1v) is 9.45. The van der Waals surface area contributed by atoms with Crippen molar-refractivity contribution in [3.63, 3.8) is 0 Å². The summed E-state index contributed by atoms with van der Waals surface area (Å²) in [5.74, 6) is 1.19. The third kappa shape index (κ3) is 3.24. The van der Waals surface area contributed by atoms with Crippen LogP contribution < -0.4 is 11.5 Å². The van der Waals surface area contributed by atoms with Gasteiger partial charge < -0.3 is 15.9 Å². The summed E-state index contributed by atoms with van der Waals surface area (Å²) in [7, 11) is -3.07. The van der Waals surface area contributed by atoms with E-state index >= 15 is 0 Å². The smallest absolute Gasteiger partial charge is 0.198 e. The van der Waals surface area contributed by atoms with Crippen molar-refractivity contribution >= 4 is 26.6 Å². The van der Waals surface area contributed by atoms with Gasteiger partial charge in [0.1, 0.15) is 15.7 Å². The first kappa shape index (κ1) is 16.4. The summed E-state index contributed by atoms with van der Waals surface area (Å²) >= 11 is 0. The fourth-order valence-electron chi connectivity index (χ4n) is 2.58. The second-order valence-electron chi connectivity index (χ2n) is 5.60. The predicted molar refractivity (Wildman–Crippen MR) is 93.0 cm³/mol. The second kappa shape index (κ2) is 6.21. The van der Waals surface area contributed by atoms with Gasteiger partial charge in [0.25, 0.3) is 0 Å². The Labute approximate surface area is 139 Å². The van der Waals surface area contributed by atoms with Crippen LogP contribution in [0.15, 0.2) is 34.9 Å². The molecule has 4 N–H and O–H groups in total. The third-order valence-electron chi connectivity index (χ3n) is 3.75. The first-order valence-electron chi connectivity index (χ1n) is 7.38. The maximum absolute atomic E-state index is 11.4. The number of nitrogens with two attached hydrogens (primary N) is 2. The van der Waals surface area contributed by atoms with Gasteiger partial charge in [0.15, 0.2) is 11.6 Å². The summed E-state index contributed by atoms with van der Waals surface area (Å²) in [6, 6.07) is 7.24. The molecule has 0 radical (unpaired) electrons. The maximum atomic E-state index is 11.4. The van der Waals surface area contributed by atoms with Crippen LogP contribution in [-0.4, -0.2) is 30.4 Å². The molecule has 0 unspecified atom stereocenters. The summed E-state index contributed by atoms with van der Waals surface area (Å²) in [4.78, 5) is 8.83. The minimum Gasteiger partial charge on any atom is -0.461 e. The van der Waals surface area contributed by atoms with Crippen molar-refractivity contribution in [1.29, 1.82) is 0 Å². The zero-order chi connectivity index (χ0) is 17.3. The molecule has 2 heterocycles. The number of nitrogens with zero attached hydrogens (tertiary/aromatic N) is 2. The van der Waals surface area contributed by atoms with Gasteiger partial charge >= 0.3 is 0 Å². The number of hydrogen-bond acceptors (Lipinski definition) is 7. The van der Waals surface area contributed by atoms with Gasteiger partial charge in [0, 0.05) is 23.8 Å². The Morgan fingerprint density at radius 3 is 2.67 bits per heavy atom. The molecule has 0 amide bonds. The number of rotatable bonds is 5. The lowest BCUT2D eigenvalue weighted by Gasteiger charge is -2.09. The van der Waals surface area contributed by atoms with E-state index in [1.165, 1.54) is 12.5 Å². The van der Waals surface area contributed by atoms with Crippen molar-refractivity contribution in [2.24, 2.45) is 5.73 Å². The van der Waals surface area contributed by atoms with Crippen LogP contribution in [-0.2, 0) is 22.8 Å². The van der Waals surface area contributed by atoms with E-state index in [4.69, 9.17) is 15.9 Å². The molecule has 1 aromatic carbocycles.